The van der Waals surface area contributed by atoms with E-state index in [1.165, 1.54) is 7.11 Å². The number of carbonyl (C=O) groups excluding carboxylic acids is 1. The van der Waals surface area contributed by atoms with Crippen LogP contribution < -0.4 is 14.8 Å². The second kappa shape index (κ2) is 7.85. The fraction of sp³-hybridized carbons (Fsp3) is 0.316. The fourth-order valence-corrected chi connectivity index (χ4v) is 2.99. The van der Waals surface area contributed by atoms with E-state index in [0.29, 0.717) is 12.1 Å². The van der Waals surface area contributed by atoms with Crippen molar-refractivity contribution in [3.8, 4) is 11.5 Å². The number of nitrogens with one attached hydrogen (secondary N) is 1. The van der Waals surface area contributed by atoms with Crippen LogP contribution in [-0.2, 0) is 0 Å². The number of ether oxygens (including phenoxy) is 2. The zero-order valence-electron chi connectivity index (χ0n) is 14.5. The topological polar surface area (TPSA) is 47.6 Å². The van der Waals surface area contributed by atoms with Gasteiger partial charge in [0.05, 0.1) is 18.8 Å². The summed E-state index contributed by atoms with van der Waals surface area (Å²) in [6, 6.07) is 2.92. The molecular formula is C19H17F4NO3. The zero-order valence-corrected chi connectivity index (χ0v) is 14.5. The van der Waals surface area contributed by atoms with Crippen LogP contribution in [0.2, 0.25) is 0 Å². The second-order valence-electron chi connectivity index (χ2n) is 6.21. The molecule has 3 rings (SSSR count). The number of hydrogen-bond acceptors (Lipinski definition) is 3. The third-order valence-corrected chi connectivity index (χ3v) is 4.34. The van der Waals surface area contributed by atoms with E-state index in [0.717, 1.165) is 37.8 Å². The van der Waals surface area contributed by atoms with E-state index < -0.39 is 40.4 Å². The van der Waals surface area contributed by atoms with Gasteiger partial charge in [-0.15, -0.1) is 0 Å². The van der Waals surface area contributed by atoms with Gasteiger partial charge in [0, 0.05) is 18.2 Å². The zero-order chi connectivity index (χ0) is 19.6. The van der Waals surface area contributed by atoms with Crippen LogP contribution in [0.15, 0.2) is 24.3 Å². The van der Waals surface area contributed by atoms with Crippen molar-refractivity contribution in [3.05, 3.63) is 53.1 Å². The lowest BCUT2D eigenvalue weighted by molar-refractivity contribution is 0.102. The van der Waals surface area contributed by atoms with E-state index >= 15 is 0 Å². The highest BCUT2D eigenvalue weighted by Gasteiger charge is 2.23. The van der Waals surface area contributed by atoms with Crippen LogP contribution in [0.5, 0.6) is 11.5 Å². The molecule has 2 aromatic carbocycles. The molecule has 1 N–H and O–H groups in total. The minimum absolute atomic E-state index is 0.0766. The molecular weight excluding hydrogens is 366 g/mol. The summed E-state index contributed by atoms with van der Waals surface area (Å²) in [4.78, 5) is 12.3. The molecule has 1 aliphatic rings. The molecule has 27 heavy (non-hydrogen) atoms. The lowest BCUT2D eigenvalue weighted by Crippen LogP contribution is -2.17. The van der Waals surface area contributed by atoms with Gasteiger partial charge in [-0.25, -0.2) is 17.6 Å². The molecule has 8 heteroatoms. The SMILES string of the molecule is COc1cc(F)c(C(=O)Nc2c(F)cc(F)cc2F)cc1OC1CCCC1. The number of amides is 1. The standard InChI is InChI=1S/C19H17F4NO3/c1-26-16-9-13(21)12(8-17(16)27-11-4-2-3-5-11)19(25)24-18-14(22)6-10(20)7-15(18)23/h6-9,11H,2-5H2,1H3,(H,24,25). The third-order valence-electron chi connectivity index (χ3n) is 4.34. The molecule has 0 aromatic heterocycles. The summed E-state index contributed by atoms with van der Waals surface area (Å²) in [5, 5.41) is 1.93. The molecule has 0 radical (unpaired) electrons. The number of benzene rings is 2. The van der Waals surface area contributed by atoms with E-state index in [1.54, 1.807) is 0 Å². The quantitative estimate of drug-likeness (QED) is 0.753. The molecule has 0 aliphatic heterocycles. The first-order chi connectivity index (χ1) is 12.9. The van der Waals surface area contributed by atoms with Crippen LogP contribution in [0.4, 0.5) is 23.2 Å². The summed E-state index contributed by atoms with van der Waals surface area (Å²) in [5.74, 6) is -5.53. The van der Waals surface area contributed by atoms with Gasteiger partial charge in [-0.3, -0.25) is 4.79 Å². The normalized spacial score (nSPS) is 14.3. The Morgan fingerprint density at radius 3 is 2.19 bits per heavy atom. The van der Waals surface area contributed by atoms with Gasteiger partial charge < -0.3 is 14.8 Å². The van der Waals surface area contributed by atoms with Crippen molar-refractivity contribution < 1.29 is 31.8 Å². The van der Waals surface area contributed by atoms with Crippen molar-refractivity contribution in [1.29, 1.82) is 0 Å². The van der Waals surface area contributed by atoms with Crippen molar-refractivity contribution in [2.24, 2.45) is 0 Å². The van der Waals surface area contributed by atoms with Crippen molar-refractivity contribution >= 4 is 11.6 Å². The summed E-state index contributed by atoms with van der Waals surface area (Å²) in [7, 11) is 1.33. The molecule has 1 amide bonds. The number of methoxy groups -OCH3 is 1. The minimum Gasteiger partial charge on any atom is -0.493 e. The van der Waals surface area contributed by atoms with Crippen LogP contribution in [0, 0.1) is 23.3 Å². The summed E-state index contributed by atoms with van der Waals surface area (Å²) in [6.45, 7) is 0. The average molecular weight is 383 g/mol. The molecule has 0 unspecified atom stereocenters. The first kappa shape index (κ1) is 19.0. The molecule has 2 aromatic rings. The molecule has 0 atom stereocenters. The number of rotatable bonds is 5. The van der Waals surface area contributed by atoms with Crippen LogP contribution in [0.1, 0.15) is 36.0 Å². The largest absolute Gasteiger partial charge is 0.493 e. The Hall–Kier alpha value is -2.77. The van der Waals surface area contributed by atoms with E-state index in [4.69, 9.17) is 9.47 Å². The highest BCUT2D eigenvalue weighted by atomic mass is 19.1. The highest BCUT2D eigenvalue weighted by molar-refractivity contribution is 6.05. The number of anilines is 1. The Kier molecular flexibility index (Phi) is 5.53. The van der Waals surface area contributed by atoms with Gasteiger partial charge in [-0.2, -0.15) is 0 Å². The van der Waals surface area contributed by atoms with Gasteiger partial charge >= 0.3 is 0 Å². The van der Waals surface area contributed by atoms with Crippen molar-refractivity contribution in [2.75, 3.05) is 12.4 Å². The third kappa shape index (κ3) is 4.15. The summed E-state index contributed by atoms with van der Waals surface area (Å²) in [5.41, 5.74) is -1.35. The second-order valence-corrected chi connectivity index (χ2v) is 6.21. The summed E-state index contributed by atoms with van der Waals surface area (Å²) >= 11 is 0. The van der Waals surface area contributed by atoms with E-state index in [9.17, 15) is 22.4 Å². The van der Waals surface area contributed by atoms with Crippen LogP contribution in [0.3, 0.4) is 0 Å². The molecule has 1 fully saturated rings. The van der Waals surface area contributed by atoms with Gasteiger partial charge in [0.1, 0.15) is 17.3 Å². The maximum Gasteiger partial charge on any atom is 0.258 e. The lowest BCUT2D eigenvalue weighted by atomic mass is 10.1. The van der Waals surface area contributed by atoms with Crippen LogP contribution in [-0.4, -0.2) is 19.1 Å². The van der Waals surface area contributed by atoms with Gasteiger partial charge in [0.2, 0.25) is 0 Å². The van der Waals surface area contributed by atoms with Gasteiger partial charge in [0.25, 0.3) is 5.91 Å². The van der Waals surface area contributed by atoms with E-state index in [2.05, 4.69) is 0 Å². The lowest BCUT2D eigenvalue weighted by Gasteiger charge is -2.17. The predicted molar refractivity (Wildman–Crippen MR) is 90.1 cm³/mol. The van der Waals surface area contributed by atoms with E-state index in [1.807, 2.05) is 5.32 Å². The minimum atomic E-state index is -1.31. The first-order valence-corrected chi connectivity index (χ1v) is 8.39. The van der Waals surface area contributed by atoms with Gasteiger partial charge in [-0.05, 0) is 31.7 Å². The predicted octanol–water partition coefficient (Wildman–Crippen LogP) is 4.83. The Balaban J connectivity index is 1.89. The monoisotopic (exact) mass is 383 g/mol. The molecule has 144 valence electrons. The van der Waals surface area contributed by atoms with Crippen LogP contribution >= 0.6 is 0 Å². The summed E-state index contributed by atoms with van der Waals surface area (Å²) < 4.78 is 65.6. The maximum absolute atomic E-state index is 14.3. The molecule has 1 saturated carbocycles. The molecule has 0 saturated heterocycles. The fourth-order valence-electron chi connectivity index (χ4n) is 2.99. The van der Waals surface area contributed by atoms with Crippen molar-refractivity contribution in [2.45, 2.75) is 31.8 Å². The van der Waals surface area contributed by atoms with Gasteiger partial charge in [0.15, 0.2) is 23.1 Å². The average Bonchev–Trinajstić information content (AvgIpc) is 3.12. The highest BCUT2D eigenvalue weighted by Crippen LogP contribution is 2.34. The van der Waals surface area contributed by atoms with Crippen molar-refractivity contribution in [3.63, 3.8) is 0 Å². The number of halogens is 4. The number of carbonyl (C=O) groups is 1. The Morgan fingerprint density at radius 2 is 1.59 bits per heavy atom. The Morgan fingerprint density at radius 1 is 0.963 bits per heavy atom. The summed E-state index contributed by atoms with van der Waals surface area (Å²) in [6.07, 6.45) is 3.59. The smallest absolute Gasteiger partial charge is 0.258 e. The molecule has 1 aliphatic carbocycles. The molecule has 4 nitrogen and oxygen atoms in total. The molecule has 0 spiro atoms. The molecule has 0 heterocycles. The maximum atomic E-state index is 14.3. The Bertz CT molecular complexity index is 843. The Labute approximate surface area is 153 Å². The van der Waals surface area contributed by atoms with Gasteiger partial charge in [-0.1, -0.05) is 0 Å². The molecule has 0 bridgehead atoms. The number of hydrogen-bond donors (Lipinski definition) is 1. The van der Waals surface area contributed by atoms with E-state index in [-0.39, 0.29) is 17.6 Å². The first-order valence-electron chi connectivity index (χ1n) is 8.39. The van der Waals surface area contributed by atoms with Crippen LogP contribution in [0.25, 0.3) is 0 Å². The van der Waals surface area contributed by atoms with Crippen molar-refractivity contribution in [1.82, 2.24) is 0 Å².